The highest BCUT2D eigenvalue weighted by molar-refractivity contribution is 5.85. The lowest BCUT2D eigenvalue weighted by molar-refractivity contribution is -0.202. The Morgan fingerprint density at radius 2 is 2.25 bits per heavy atom. The number of carbonyl (C=O) groups is 1. The summed E-state index contributed by atoms with van der Waals surface area (Å²) >= 11 is 0. The summed E-state index contributed by atoms with van der Waals surface area (Å²) in [7, 11) is 3.55. The van der Waals surface area contributed by atoms with Crippen molar-refractivity contribution in [1.29, 1.82) is 0 Å². The Bertz CT molecular complexity index is 870. The van der Waals surface area contributed by atoms with Crippen LogP contribution in [0.15, 0.2) is 35.9 Å². The lowest BCUT2D eigenvalue weighted by Gasteiger charge is -2.64. The number of ether oxygens (including phenoxy) is 2. The van der Waals surface area contributed by atoms with Gasteiger partial charge in [0.05, 0.1) is 31.8 Å². The molecule has 5 rings (SSSR count). The first-order valence-electron chi connectivity index (χ1n) is 10.1. The summed E-state index contributed by atoms with van der Waals surface area (Å²) in [5, 5.41) is 14.6. The van der Waals surface area contributed by atoms with E-state index in [1.165, 1.54) is 12.7 Å². The summed E-state index contributed by atoms with van der Waals surface area (Å²) < 4.78 is 11.9. The van der Waals surface area contributed by atoms with Gasteiger partial charge in [-0.1, -0.05) is 29.8 Å². The van der Waals surface area contributed by atoms with Gasteiger partial charge >= 0.3 is 5.97 Å². The smallest absolute Gasteiger partial charge is 0.315 e. The third-order valence-electron chi connectivity index (χ3n) is 8.01. The van der Waals surface area contributed by atoms with Crippen molar-refractivity contribution in [2.24, 2.45) is 11.3 Å². The minimum atomic E-state index is -1.09. The number of likely N-dealkylation sites (tertiary alicyclic amines) is 1. The Labute approximate surface area is 165 Å². The number of nitrogens with one attached hydrogen (secondary N) is 1. The molecule has 1 saturated carbocycles. The second kappa shape index (κ2) is 5.81. The van der Waals surface area contributed by atoms with Crippen LogP contribution in [0, 0.1) is 11.3 Å². The maximum Gasteiger partial charge on any atom is 0.315 e. The SMILES string of the molecule is C/C=C1/CN(C)[C@H]2C[C@@H]1[C@](CO)(C(=O)OC)[C@@]13CCO[C@@]21Nc1ccccc13. The zero-order chi connectivity index (χ0) is 19.7. The van der Waals surface area contributed by atoms with E-state index in [-0.39, 0.29) is 24.5 Å². The fourth-order valence-electron chi connectivity index (χ4n) is 7.03. The van der Waals surface area contributed by atoms with Gasteiger partial charge in [0.15, 0.2) is 5.72 Å². The molecule has 150 valence electrons. The van der Waals surface area contributed by atoms with Crippen molar-refractivity contribution in [3.05, 3.63) is 41.5 Å². The third kappa shape index (κ3) is 1.70. The zero-order valence-electron chi connectivity index (χ0n) is 16.7. The van der Waals surface area contributed by atoms with Gasteiger partial charge in [-0.25, -0.2) is 0 Å². The van der Waals surface area contributed by atoms with E-state index in [0.717, 1.165) is 24.2 Å². The summed E-state index contributed by atoms with van der Waals surface area (Å²) in [6.45, 7) is 3.06. The number of hydrogen-bond acceptors (Lipinski definition) is 6. The third-order valence-corrected chi connectivity index (χ3v) is 8.01. The molecule has 2 saturated heterocycles. The molecular weight excluding hydrogens is 356 g/mol. The van der Waals surface area contributed by atoms with E-state index in [4.69, 9.17) is 9.47 Å². The lowest BCUT2D eigenvalue weighted by atomic mass is 9.43. The molecule has 3 aliphatic heterocycles. The molecule has 4 aliphatic rings. The highest BCUT2D eigenvalue weighted by atomic mass is 16.5. The van der Waals surface area contributed by atoms with Crippen molar-refractivity contribution in [1.82, 2.24) is 4.90 Å². The van der Waals surface area contributed by atoms with Crippen LogP contribution in [-0.4, -0.2) is 61.7 Å². The number of likely N-dealkylation sites (N-methyl/N-ethyl adjacent to an activating group) is 1. The van der Waals surface area contributed by atoms with Crippen molar-refractivity contribution in [2.75, 3.05) is 39.2 Å². The number of benzene rings is 1. The molecule has 28 heavy (non-hydrogen) atoms. The van der Waals surface area contributed by atoms with E-state index in [1.807, 2.05) is 25.1 Å². The van der Waals surface area contributed by atoms with Crippen molar-refractivity contribution in [2.45, 2.75) is 36.9 Å². The average Bonchev–Trinajstić information content (AvgIpc) is 3.23. The fourth-order valence-corrected chi connectivity index (χ4v) is 7.03. The number of allylic oxidation sites excluding steroid dienone is 1. The number of methoxy groups -OCH3 is 1. The van der Waals surface area contributed by atoms with Crippen LogP contribution in [0.25, 0.3) is 0 Å². The van der Waals surface area contributed by atoms with Crippen LogP contribution in [0.5, 0.6) is 0 Å². The van der Waals surface area contributed by atoms with Gasteiger partial charge in [-0.15, -0.1) is 0 Å². The Balaban J connectivity index is 1.88. The zero-order valence-corrected chi connectivity index (χ0v) is 16.7. The molecule has 3 heterocycles. The Morgan fingerprint density at radius 1 is 1.46 bits per heavy atom. The molecule has 3 fully saturated rings. The van der Waals surface area contributed by atoms with Gasteiger partial charge in [-0.2, -0.15) is 0 Å². The molecule has 2 bridgehead atoms. The highest BCUT2D eigenvalue weighted by Gasteiger charge is 2.81. The molecular formula is C22H28N2O4. The largest absolute Gasteiger partial charge is 0.468 e. The molecule has 6 nitrogen and oxygen atoms in total. The van der Waals surface area contributed by atoms with Gasteiger partial charge in [0.1, 0.15) is 5.41 Å². The summed E-state index contributed by atoms with van der Waals surface area (Å²) in [5.41, 5.74) is 0.724. The molecule has 0 unspecified atom stereocenters. The van der Waals surface area contributed by atoms with Gasteiger partial charge in [0.2, 0.25) is 0 Å². The van der Waals surface area contributed by atoms with Gasteiger partial charge in [-0.05, 0) is 38.4 Å². The maximum atomic E-state index is 13.5. The summed E-state index contributed by atoms with van der Waals surface area (Å²) in [4.78, 5) is 15.9. The molecule has 0 aromatic heterocycles. The quantitative estimate of drug-likeness (QED) is 0.600. The number of para-hydroxylation sites is 1. The molecule has 2 N–H and O–H groups in total. The van der Waals surface area contributed by atoms with E-state index in [0.29, 0.717) is 13.0 Å². The van der Waals surface area contributed by atoms with Crippen LogP contribution in [0.3, 0.4) is 0 Å². The number of aliphatic hydroxyl groups is 1. The van der Waals surface area contributed by atoms with E-state index in [1.54, 1.807) is 0 Å². The number of rotatable bonds is 2. The van der Waals surface area contributed by atoms with Crippen LogP contribution >= 0.6 is 0 Å². The number of anilines is 1. The van der Waals surface area contributed by atoms with Gasteiger partial charge < -0.3 is 19.9 Å². The predicted octanol–water partition coefficient (Wildman–Crippen LogP) is 1.90. The van der Waals surface area contributed by atoms with E-state index in [9.17, 15) is 9.90 Å². The number of hydrogen-bond donors (Lipinski definition) is 2. The van der Waals surface area contributed by atoms with Gasteiger partial charge in [-0.3, -0.25) is 9.69 Å². The first-order chi connectivity index (χ1) is 13.5. The minimum absolute atomic E-state index is 0.0843. The van der Waals surface area contributed by atoms with Crippen molar-refractivity contribution >= 4 is 11.7 Å². The van der Waals surface area contributed by atoms with Crippen molar-refractivity contribution in [3.63, 3.8) is 0 Å². The van der Waals surface area contributed by atoms with Crippen LogP contribution in [0.1, 0.15) is 25.3 Å². The number of piperidine rings is 1. The highest BCUT2D eigenvalue weighted by Crippen LogP contribution is 2.71. The normalized spacial score (nSPS) is 42.5. The lowest BCUT2D eigenvalue weighted by Crippen LogP contribution is -2.78. The fraction of sp³-hybridized carbons (Fsp3) is 0.591. The molecule has 1 aromatic carbocycles. The monoisotopic (exact) mass is 384 g/mol. The van der Waals surface area contributed by atoms with Gasteiger partial charge in [0, 0.05) is 18.2 Å². The van der Waals surface area contributed by atoms with Crippen LogP contribution in [0.2, 0.25) is 0 Å². The number of esters is 1. The van der Waals surface area contributed by atoms with Crippen molar-refractivity contribution < 1.29 is 19.4 Å². The summed E-state index contributed by atoms with van der Waals surface area (Å²) in [6, 6.07) is 8.24. The molecule has 1 aromatic rings. The van der Waals surface area contributed by atoms with Crippen molar-refractivity contribution in [3.8, 4) is 0 Å². The second-order valence-corrected chi connectivity index (χ2v) is 8.61. The standard InChI is InChI=1S/C22H28N2O4/c1-4-14-12-24(2)18-11-16(14)20(13-25,19(26)27-3)21-9-10-28-22(18,21)23-17-8-6-5-7-15(17)21/h4-8,16,18,23,25H,9-13H2,1-3H3/b14-4-/t16-,18-,20+,21-,22-/m0/s1. The maximum absolute atomic E-state index is 13.5. The Morgan fingerprint density at radius 3 is 2.96 bits per heavy atom. The molecule has 6 heteroatoms. The first-order valence-corrected chi connectivity index (χ1v) is 10.1. The molecule has 5 atom stereocenters. The van der Waals surface area contributed by atoms with Crippen LogP contribution < -0.4 is 5.32 Å². The second-order valence-electron chi connectivity index (χ2n) is 8.61. The minimum Gasteiger partial charge on any atom is -0.468 e. The molecule has 0 amide bonds. The summed E-state index contributed by atoms with van der Waals surface area (Å²) in [5.74, 6) is -0.422. The molecule has 1 aliphatic carbocycles. The number of carbonyl (C=O) groups excluding carboxylic acids is 1. The predicted molar refractivity (Wildman–Crippen MR) is 105 cm³/mol. The van der Waals surface area contributed by atoms with E-state index in [2.05, 4.69) is 29.4 Å². The molecule has 0 spiro atoms. The number of aliphatic hydroxyl groups excluding tert-OH is 1. The topological polar surface area (TPSA) is 71.0 Å². The number of nitrogens with zero attached hydrogens (tertiary/aromatic N) is 1. The average molecular weight is 384 g/mol. The van der Waals surface area contributed by atoms with Crippen LogP contribution in [-0.2, 0) is 19.7 Å². The van der Waals surface area contributed by atoms with E-state index < -0.39 is 16.6 Å². The van der Waals surface area contributed by atoms with Crippen LogP contribution in [0.4, 0.5) is 5.69 Å². The summed E-state index contributed by atoms with van der Waals surface area (Å²) in [6.07, 6.45) is 3.53. The van der Waals surface area contributed by atoms with E-state index >= 15 is 0 Å². The Kier molecular flexibility index (Phi) is 3.77. The first kappa shape index (κ1) is 18.2. The molecule has 0 radical (unpaired) electrons. The number of fused-ring (bicyclic) bond motifs is 3. The Hall–Kier alpha value is -1.89. The van der Waals surface area contributed by atoms with Gasteiger partial charge in [0.25, 0.3) is 0 Å².